The van der Waals surface area contributed by atoms with Gasteiger partial charge in [-0.25, -0.2) is 0 Å². The second-order valence-corrected chi connectivity index (χ2v) is 3.89. The lowest BCUT2D eigenvalue weighted by molar-refractivity contribution is -0.119. The van der Waals surface area contributed by atoms with Crippen LogP contribution in [0.1, 0.15) is 41.5 Å². The summed E-state index contributed by atoms with van der Waals surface area (Å²) in [7, 11) is 0. The highest BCUT2D eigenvalue weighted by Crippen LogP contribution is 1.68. The second-order valence-electron chi connectivity index (χ2n) is 3.89. The summed E-state index contributed by atoms with van der Waals surface area (Å²) in [6.07, 6.45) is -0.727. The predicted octanol–water partition coefficient (Wildman–Crippen LogP) is -0.0904. The van der Waals surface area contributed by atoms with Crippen molar-refractivity contribution in [2.24, 2.45) is 0 Å². The van der Waals surface area contributed by atoms with Crippen LogP contribution in [0.4, 0.5) is 0 Å². The predicted molar refractivity (Wildman–Crippen MR) is 70.2 cm³/mol. The number of carbonyl (C=O) groups excluding carboxylic acids is 2. The Morgan fingerprint density at radius 3 is 1.06 bits per heavy atom. The SMILES string of the molecule is CC(=O)CO.CC(C)=O.CC(C)O.CC(O)CO. The van der Waals surface area contributed by atoms with Gasteiger partial charge in [-0.3, -0.25) is 4.79 Å². The van der Waals surface area contributed by atoms with Crippen molar-refractivity contribution in [3.8, 4) is 0 Å². The highest BCUT2D eigenvalue weighted by Gasteiger charge is 1.83. The molecule has 0 rings (SSSR count). The molecule has 1 unspecified atom stereocenters. The second kappa shape index (κ2) is 21.5. The molecule has 6 nitrogen and oxygen atoms in total. The van der Waals surface area contributed by atoms with E-state index < -0.39 is 6.10 Å². The third-order valence-electron chi connectivity index (χ3n) is 0.487. The van der Waals surface area contributed by atoms with Crippen molar-refractivity contribution in [2.45, 2.75) is 53.8 Å². The Kier molecular flexibility index (Phi) is 30.9. The van der Waals surface area contributed by atoms with Gasteiger partial charge in [0.1, 0.15) is 12.4 Å². The van der Waals surface area contributed by atoms with Gasteiger partial charge < -0.3 is 25.2 Å². The Morgan fingerprint density at radius 1 is 0.944 bits per heavy atom. The van der Waals surface area contributed by atoms with Gasteiger partial charge in [-0.05, 0) is 41.5 Å². The lowest BCUT2D eigenvalue weighted by Gasteiger charge is -1.90. The average molecular weight is 268 g/mol. The molecule has 0 aromatic heterocycles. The molecule has 0 aliphatic carbocycles. The van der Waals surface area contributed by atoms with Crippen LogP contribution < -0.4 is 0 Å². The summed E-state index contributed by atoms with van der Waals surface area (Å²) in [6.45, 7) is 8.89. The summed E-state index contributed by atoms with van der Waals surface area (Å²) in [4.78, 5) is 19.0. The Hall–Kier alpha value is -0.820. The lowest BCUT2D eigenvalue weighted by Crippen LogP contribution is -2.03. The van der Waals surface area contributed by atoms with Gasteiger partial charge in [0.15, 0.2) is 5.78 Å². The fourth-order valence-electron chi connectivity index (χ4n) is 0. The van der Waals surface area contributed by atoms with Crippen molar-refractivity contribution in [3.05, 3.63) is 0 Å². The van der Waals surface area contributed by atoms with E-state index in [0.717, 1.165) is 0 Å². The maximum atomic E-state index is 9.56. The van der Waals surface area contributed by atoms with E-state index in [-0.39, 0.29) is 30.9 Å². The summed E-state index contributed by atoms with van der Waals surface area (Å²) in [6, 6.07) is 0. The minimum Gasteiger partial charge on any atom is -0.394 e. The molecule has 112 valence electrons. The van der Waals surface area contributed by atoms with Gasteiger partial charge in [0.25, 0.3) is 0 Å². The molecule has 0 saturated heterocycles. The number of carbonyl (C=O) groups is 2. The molecule has 0 aliphatic rings. The van der Waals surface area contributed by atoms with Crippen molar-refractivity contribution in [2.75, 3.05) is 13.2 Å². The smallest absolute Gasteiger partial charge is 0.155 e. The zero-order chi connectivity index (χ0) is 15.7. The van der Waals surface area contributed by atoms with Crippen molar-refractivity contribution < 1.29 is 30.0 Å². The quantitative estimate of drug-likeness (QED) is 0.556. The molecule has 1 atom stereocenters. The van der Waals surface area contributed by atoms with Crippen LogP contribution in [-0.2, 0) is 9.59 Å². The Bertz CT molecular complexity index is 171. The van der Waals surface area contributed by atoms with E-state index in [1.54, 1.807) is 13.8 Å². The van der Waals surface area contributed by atoms with Gasteiger partial charge >= 0.3 is 0 Å². The van der Waals surface area contributed by atoms with Crippen LogP contribution in [0.15, 0.2) is 0 Å². The maximum Gasteiger partial charge on any atom is 0.155 e. The van der Waals surface area contributed by atoms with Gasteiger partial charge in [-0.1, -0.05) is 0 Å². The van der Waals surface area contributed by atoms with E-state index in [2.05, 4.69) is 0 Å². The van der Waals surface area contributed by atoms with E-state index in [0.29, 0.717) is 0 Å². The fraction of sp³-hybridized carbons (Fsp3) is 0.833. The van der Waals surface area contributed by atoms with E-state index in [9.17, 15) is 9.59 Å². The number of aliphatic hydroxyl groups is 4. The first-order valence-corrected chi connectivity index (χ1v) is 5.55. The summed E-state index contributed by atoms with van der Waals surface area (Å²) in [5.74, 6) is -0.0231. The van der Waals surface area contributed by atoms with E-state index in [1.165, 1.54) is 27.7 Å². The van der Waals surface area contributed by atoms with E-state index in [4.69, 9.17) is 20.4 Å². The minimum absolute atomic E-state index is 0.139. The van der Waals surface area contributed by atoms with Crippen molar-refractivity contribution >= 4 is 11.6 Å². The van der Waals surface area contributed by atoms with E-state index >= 15 is 0 Å². The van der Waals surface area contributed by atoms with Gasteiger partial charge in [0.2, 0.25) is 0 Å². The van der Waals surface area contributed by atoms with Crippen LogP contribution in [0.3, 0.4) is 0 Å². The molecule has 0 radical (unpaired) electrons. The monoisotopic (exact) mass is 268 g/mol. The van der Waals surface area contributed by atoms with Crippen LogP contribution in [-0.4, -0.2) is 57.4 Å². The topological polar surface area (TPSA) is 115 Å². The van der Waals surface area contributed by atoms with E-state index in [1.807, 2.05) is 0 Å². The summed E-state index contributed by atoms with van der Waals surface area (Å²) in [5, 5.41) is 31.9. The Labute approximate surface area is 109 Å². The highest BCUT2D eigenvalue weighted by atomic mass is 16.3. The van der Waals surface area contributed by atoms with Gasteiger partial charge in [0, 0.05) is 6.10 Å². The third-order valence-corrected chi connectivity index (χ3v) is 0.487. The maximum absolute atomic E-state index is 9.56. The van der Waals surface area contributed by atoms with Gasteiger partial charge in [-0.2, -0.15) is 0 Å². The summed E-state index contributed by atoms with van der Waals surface area (Å²) in [5.41, 5.74) is 0. The molecular weight excluding hydrogens is 240 g/mol. The third kappa shape index (κ3) is 302. The molecule has 0 fully saturated rings. The molecule has 0 heterocycles. The number of aliphatic hydroxyl groups excluding tert-OH is 4. The average Bonchev–Trinajstić information content (AvgIpc) is 2.16. The Morgan fingerprint density at radius 2 is 1.06 bits per heavy atom. The molecular formula is C12H28O6. The minimum atomic E-state index is -0.560. The summed E-state index contributed by atoms with van der Waals surface area (Å²) >= 11 is 0. The summed E-state index contributed by atoms with van der Waals surface area (Å²) < 4.78 is 0. The first-order chi connectivity index (χ1) is 8.00. The largest absolute Gasteiger partial charge is 0.394 e. The van der Waals surface area contributed by atoms with Gasteiger partial charge in [0.05, 0.1) is 12.7 Å². The molecule has 18 heavy (non-hydrogen) atoms. The standard InChI is InChI=1S/C3H8O2.C3H6O2.C3H8O.C3H6O/c2*1-3(5)2-4;2*1-3(2)4/h3-5H,2H2,1H3;4H,2H2,1H3;3-4H,1-2H3;1-2H3. The number of rotatable bonds is 2. The molecule has 0 aromatic rings. The van der Waals surface area contributed by atoms with Crippen LogP contribution >= 0.6 is 0 Å². The number of Topliss-reactive ketones (excluding diaryl/α,β-unsaturated/α-hetero) is 2. The van der Waals surface area contributed by atoms with Crippen LogP contribution in [0.2, 0.25) is 0 Å². The molecule has 0 bridgehead atoms. The fourth-order valence-corrected chi connectivity index (χ4v) is 0. The van der Waals surface area contributed by atoms with Crippen molar-refractivity contribution in [1.82, 2.24) is 0 Å². The number of hydrogen-bond acceptors (Lipinski definition) is 6. The molecule has 0 amide bonds. The van der Waals surface area contributed by atoms with Crippen LogP contribution in [0.5, 0.6) is 0 Å². The molecule has 4 N–H and O–H groups in total. The Balaban J connectivity index is -0.0000000731. The van der Waals surface area contributed by atoms with Gasteiger partial charge in [-0.15, -0.1) is 0 Å². The van der Waals surface area contributed by atoms with Crippen LogP contribution in [0.25, 0.3) is 0 Å². The van der Waals surface area contributed by atoms with Crippen LogP contribution in [0, 0.1) is 0 Å². The molecule has 6 heteroatoms. The molecule has 0 spiro atoms. The van der Waals surface area contributed by atoms with Crippen molar-refractivity contribution in [3.63, 3.8) is 0 Å². The normalized spacial score (nSPS) is 9.72. The first-order valence-electron chi connectivity index (χ1n) is 5.55. The highest BCUT2D eigenvalue weighted by molar-refractivity contribution is 5.76. The molecule has 0 aliphatic heterocycles. The number of hydrogen-bond donors (Lipinski definition) is 4. The zero-order valence-corrected chi connectivity index (χ0v) is 12.2. The molecule has 0 aromatic carbocycles. The first kappa shape index (κ1) is 25.9. The molecule has 0 saturated carbocycles. The lowest BCUT2D eigenvalue weighted by atomic mass is 10.5. The number of ketones is 2. The van der Waals surface area contributed by atoms with Crippen molar-refractivity contribution in [1.29, 1.82) is 0 Å². The zero-order valence-electron chi connectivity index (χ0n) is 12.2.